The first-order valence-corrected chi connectivity index (χ1v) is 6.94. The van der Waals surface area contributed by atoms with Crippen molar-refractivity contribution in [3.63, 3.8) is 0 Å². The summed E-state index contributed by atoms with van der Waals surface area (Å²) >= 11 is 0. The first kappa shape index (κ1) is 14.1. The molecule has 0 spiro atoms. The van der Waals surface area contributed by atoms with E-state index in [-0.39, 0.29) is 11.9 Å². The Morgan fingerprint density at radius 3 is 2.84 bits per heavy atom. The lowest BCUT2D eigenvalue weighted by Crippen LogP contribution is -2.48. The van der Waals surface area contributed by atoms with Gasteiger partial charge in [-0.15, -0.1) is 0 Å². The fourth-order valence-corrected chi connectivity index (χ4v) is 2.85. The van der Waals surface area contributed by atoms with Crippen molar-refractivity contribution < 1.29 is 19.4 Å². The summed E-state index contributed by atoms with van der Waals surface area (Å²) in [6, 6.07) is -0.954. The Bertz CT molecular complexity index is 342. The molecule has 0 bridgehead atoms. The van der Waals surface area contributed by atoms with Gasteiger partial charge in [-0.3, -0.25) is 0 Å². The number of likely N-dealkylation sites (tertiary alicyclic amines) is 1. The fourth-order valence-electron chi connectivity index (χ4n) is 2.85. The van der Waals surface area contributed by atoms with Gasteiger partial charge in [0.2, 0.25) is 0 Å². The molecule has 0 aromatic rings. The van der Waals surface area contributed by atoms with Crippen molar-refractivity contribution in [2.75, 3.05) is 26.3 Å². The normalized spacial score (nSPS) is 31.2. The number of aliphatic carboxylic acids is 1. The van der Waals surface area contributed by atoms with Crippen LogP contribution in [0.15, 0.2) is 0 Å². The van der Waals surface area contributed by atoms with E-state index in [0.717, 1.165) is 25.9 Å². The highest BCUT2D eigenvalue weighted by Gasteiger charge is 2.39. The maximum atomic E-state index is 12.1. The summed E-state index contributed by atoms with van der Waals surface area (Å²) in [7, 11) is 0. The van der Waals surface area contributed by atoms with Crippen molar-refractivity contribution >= 4 is 12.0 Å². The number of ether oxygens (including phenoxy) is 1. The van der Waals surface area contributed by atoms with Crippen molar-refractivity contribution in [1.82, 2.24) is 10.2 Å². The molecule has 2 amide bonds. The lowest BCUT2D eigenvalue weighted by Gasteiger charge is -2.26. The van der Waals surface area contributed by atoms with Gasteiger partial charge in [-0.25, -0.2) is 9.59 Å². The van der Waals surface area contributed by atoms with Gasteiger partial charge >= 0.3 is 12.0 Å². The Labute approximate surface area is 113 Å². The van der Waals surface area contributed by atoms with Crippen LogP contribution in [0.4, 0.5) is 4.79 Å². The lowest BCUT2D eigenvalue weighted by atomic mass is 10.0. The average Bonchev–Trinajstić information content (AvgIpc) is 2.79. The van der Waals surface area contributed by atoms with Gasteiger partial charge in [0.25, 0.3) is 0 Å². The predicted octanol–water partition coefficient (Wildman–Crippen LogP) is 0.918. The zero-order valence-corrected chi connectivity index (χ0v) is 11.3. The van der Waals surface area contributed by atoms with Crippen molar-refractivity contribution in [3.05, 3.63) is 0 Å². The summed E-state index contributed by atoms with van der Waals surface area (Å²) in [4.78, 5) is 24.7. The Morgan fingerprint density at radius 2 is 2.21 bits per heavy atom. The molecular formula is C13H22N2O4. The van der Waals surface area contributed by atoms with E-state index in [1.807, 2.05) is 6.92 Å². The molecule has 2 aliphatic rings. The number of urea groups is 1. The molecule has 19 heavy (non-hydrogen) atoms. The van der Waals surface area contributed by atoms with Crippen molar-refractivity contribution in [2.45, 2.75) is 32.2 Å². The minimum Gasteiger partial charge on any atom is -0.480 e. The SMILES string of the molecule is CC1CCN(C(=O)NCC2CCCOC2)C1C(=O)O. The number of hydrogen-bond donors (Lipinski definition) is 2. The summed E-state index contributed by atoms with van der Waals surface area (Å²) < 4.78 is 5.36. The van der Waals surface area contributed by atoms with Gasteiger partial charge in [-0.05, 0) is 31.1 Å². The monoisotopic (exact) mass is 270 g/mol. The van der Waals surface area contributed by atoms with Gasteiger partial charge in [-0.1, -0.05) is 6.92 Å². The van der Waals surface area contributed by atoms with Gasteiger partial charge in [0.15, 0.2) is 0 Å². The van der Waals surface area contributed by atoms with Crippen LogP contribution in [0.1, 0.15) is 26.2 Å². The molecule has 3 atom stereocenters. The highest BCUT2D eigenvalue weighted by molar-refractivity contribution is 5.83. The van der Waals surface area contributed by atoms with E-state index in [0.29, 0.717) is 25.6 Å². The van der Waals surface area contributed by atoms with Gasteiger partial charge in [0.05, 0.1) is 6.61 Å². The van der Waals surface area contributed by atoms with Crippen molar-refractivity contribution in [1.29, 1.82) is 0 Å². The quantitative estimate of drug-likeness (QED) is 0.799. The van der Waals surface area contributed by atoms with Crippen LogP contribution in [0.5, 0.6) is 0 Å². The van der Waals surface area contributed by atoms with E-state index >= 15 is 0 Å². The van der Waals surface area contributed by atoms with Crippen LogP contribution in [0.3, 0.4) is 0 Å². The zero-order chi connectivity index (χ0) is 13.8. The number of amides is 2. The molecule has 2 heterocycles. The molecule has 2 saturated heterocycles. The maximum absolute atomic E-state index is 12.1. The number of nitrogens with one attached hydrogen (secondary N) is 1. The van der Waals surface area contributed by atoms with E-state index in [2.05, 4.69) is 5.32 Å². The largest absolute Gasteiger partial charge is 0.480 e. The van der Waals surface area contributed by atoms with E-state index < -0.39 is 12.0 Å². The Balaban J connectivity index is 1.83. The first-order valence-electron chi connectivity index (χ1n) is 6.94. The Morgan fingerprint density at radius 1 is 1.42 bits per heavy atom. The van der Waals surface area contributed by atoms with Crippen LogP contribution in [-0.4, -0.2) is 54.4 Å². The number of carbonyl (C=O) groups excluding carboxylic acids is 1. The molecule has 2 fully saturated rings. The molecule has 2 rings (SSSR count). The van der Waals surface area contributed by atoms with Crippen LogP contribution in [0.25, 0.3) is 0 Å². The topological polar surface area (TPSA) is 78.9 Å². The zero-order valence-electron chi connectivity index (χ0n) is 11.3. The molecule has 2 aliphatic heterocycles. The Kier molecular flexibility index (Phi) is 4.63. The van der Waals surface area contributed by atoms with Gasteiger partial charge in [-0.2, -0.15) is 0 Å². The highest BCUT2D eigenvalue weighted by Crippen LogP contribution is 2.24. The third-order valence-corrected chi connectivity index (χ3v) is 4.01. The number of carboxylic acids is 1. The van der Waals surface area contributed by atoms with Crippen LogP contribution >= 0.6 is 0 Å². The number of carbonyl (C=O) groups is 2. The van der Waals surface area contributed by atoms with Gasteiger partial charge in [0, 0.05) is 19.7 Å². The molecule has 3 unspecified atom stereocenters. The third kappa shape index (κ3) is 3.37. The first-order chi connectivity index (χ1) is 9.09. The molecule has 0 aliphatic carbocycles. The van der Waals surface area contributed by atoms with Gasteiger partial charge < -0.3 is 20.1 Å². The average molecular weight is 270 g/mol. The molecule has 108 valence electrons. The van der Waals surface area contributed by atoms with E-state index in [4.69, 9.17) is 4.74 Å². The highest BCUT2D eigenvalue weighted by atomic mass is 16.5. The summed E-state index contributed by atoms with van der Waals surface area (Å²) in [5.41, 5.74) is 0. The van der Waals surface area contributed by atoms with E-state index in [1.165, 1.54) is 4.90 Å². The van der Waals surface area contributed by atoms with Crippen molar-refractivity contribution in [2.24, 2.45) is 11.8 Å². The van der Waals surface area contributed by atoms with Gasteiger partial charge in [0.1, 0.15) is 6.04 Å². The van der Waals surface area contributed by atoms with E-state index in [1.54, 1.807) is 0 Å². The lowest BCUT2D eigenvalue weighted by molar-refractivity contribution is -0.142. The summed E-state index contributed by atoms with van der Waals surface area (Å²) in [5.74, 6) is -0.552. The minimum absolute atomic E-state index is 0.0151. The second kappa shape index (κ2) is 6.23. The molecule has 6 nitrogen and oxygen atoms in total. The van der Waals surface area contributed by atoms with Crippen LogP contribution < -0.4 is 5.32 Å². The number of hydrogen-bond acceptors (Lipinski definition) is 3. The molecule has 0 aromatic carbocycles. The number of rotatable bonds is 3. The second-order valence-corrected chi connectivity index (χ2v) is 5.51. The maximum Gasteiger partial charge on any atom is 0.326 e. The molecule has 0 radical (unpaired) electrons. The Hall–Kier alpha value is -1.30. The molecule has 2 N–H and O–H groups in total. The van der Waals surface area contributed by atoms with E-state index in [9.17, 15) is 14.7 Å². The number of nitrogens with zero attached hydrogens (tertiary/aromatic N) is 1. The summed E-state index contributed by atoms with van der Waals surface area (Å²) in [6.45, 7) is 4.44. The van der Waals surface area contributed by atoms with Crippen molar-refractivity contribution in [3.8, 4) is 0 Å². The van der Waals surface area contributed by atoms with Crippen LogP contribution in [0.2, 0.25) is 0 Å². The summed E-state index contributed by atoms with van der Waals surface area (Å²) in [5, 5.41) is 12.0. The smallest absolute Gasteiger partial charge is 0.326 e. The predicted molar refractivity (Wildman–Crippen MR) is 68.9 cm³/mol. The molecule has 6 heteroatoms. The third-order valence-electron chi connectivity index (χ3n) is 4.01. The van der Waals surface area contributed by atoms with Crippen LogP contribution in [-0.2, 0) is 9.53 Å². The molecule has 0 aromatic heterocycles. The summed E-state index contributed by atoms with van der Waals surface area (Å²) in [6.07, 6.45) is 2.83. The van der Waals surface area contributed by atoms with Crippen LogP contribution in [0, 0.1) is 11.8 Å². The molecule has 0 saturated carbocycles. The second-order valence-electron chi connectivity index (χ2n) is 5.51. The minimum atomic E-state index is -0.916. The number of carboxylic acid groups (broad SMARTS) is 1. The molecular weight excluding hydrogens is 248 g/mol. The fraction of sp³-hybridized carbons (Fsp3) is 0.846. The standard InChI is InChI=1S/C13H22N2O4/c1-9-4-5-15(11(9)12(16)17)13(18)14-7-10-3-2-6-19-8-10/h9-11H,2-8H2,1H3,(H,14,18)(H,16,17).